The SMILES string of the molecule is COc1cc2cc(CNC(=O)NC3CCCCC3)c(=O)[nH]c2cc1OC. The van der Waals surface area contributed by atoms with Gasteiger partial charge in [0.2, 0.25) is 0 Å². The minimum atomic E-state index is -0.234. The molecule has 0 radical (unpaired) electrons. The number of urea groups is 1. The van der Waals surface area contributed by atoms with Gasteiger partial charge < -0.3 is 25.1 Å². The van der Waals surface area contributed by atoms with Crippen molar-refractivity contribution in [1.82, 2.24) is 15.6 Å². The van der Waals surface area contributed by atoms with Crippen LogP contribution in [0.3, 0.4) is 0 Å². The molecule has 1 aromatic heterocycles. The summed E-state index contributed by atoms with van der Waals surface area (Å²) in [6, 6.07) is 5.29. The molecular formula is C19H25N3O4. The largest absolute Gasteiger partial charge is 0.493 e. The molecule has 2 amide bonds. The molecule has 0 unspecified atom stereocenters. The lowest BCUT2D eigenvalue weighted by molar-refractivity contribution is 0.232. The molecule has 0 atom stereocenters. The van der Waals surface area contributed by atoms with Crippen molar-refractivity contribution >= 4 is 16.9 Å². The number of nitrogens with one attached hydrogen (secondary N) is 3. The molecule has 0 aliphatic heterocycles. The van der Waals surface area contributed by atoms with Crippen molar-refractivity contribution in [3.63, 3.8) is 0 Å². The molecule has 1 fully saturated rings. The van der Waals surface area contributed by atoms with E-state index in [0.717, 1.165) is 31.1 Å². The third-order valence-electron chi connectivity index (χ3n) is 4.81. The topological polar surface area (TPSA) is 92.5 Å². The van der Waals surface area contributed by atoms with Crippen LogP contribution in [-0.4, -0.2) is 31.3 Å². The second-order valence-electron chi connectivity index (χ2n) is 6.58. The lowest BCUT2D eigenvalue weighted by Crippen LogP contribution is -2.43. The molecular weight excluding hydrogens is 334 g/mol. The zero-order valence-electron chi connectivity index (χ0n) is 15.2. The summed E-state index contributed by atoms with van der Waals surface area (Å²) in [6.45, 7) is 0.165. The zero-order chi connectivity index (χ0) is 18.5. The van der Waals surface area contributed by atoms with E-state index >= 15 is 0 Å². The average Bonchev–Trinajstić information content (AvgIpc) is 2.66. The Labute approximate surface area is 152 Å². The number of aromatic nitrogens is 1. The third kappa shape index (κ3) is 4.09. The normalized spacial score (nSPS) is 14.8. The van der Waals surface area contributed by atoms with Gasteiger partial charge in [-0.1, -0.05) is 19.3 Å². The van der Waals surface area contributed by atoms with Crippen LogP contribution < -0.4 is 25.7 Å². The highest BCUT2D eigenvalue weighted by atomic mass is 16.5. The van der Waals surface area contributed by atoms with Gasteiger partial charge in [0.1, 0.15) is 0 Å². The number of benzene rings is 1. The number of hydrogen-bond acceptors (Lipinski definition) is 4. The molecule has 1 aliphatic rings. The van der Waals surface area contributed by atoms with E-state index in [1.807, 2.05) is 0 Å². The van der Waals surface area contributed by atoms with Crippen molar-refractivity contribution in [2.75, 3.05) is 14.2 Å². The molecule has 140 valence electrons. The van der Waals surface area contributed by atoms with E-state index in [1.165, 1.54) is 6.42 Å². The van der Waals surface area contributed by atoms with Crippen LogP contribution in [0.1, 0.15) is 37.7 Å². The van der Waals surface area contributed by atoms with Gasteiger partial charge in [-0.2, -0.15) is 0 Å². The number of carbonyl (C=O) groups excluding carboxylic acids is 1. The maximum Gasteiger partial charge on any atom is 0.315 e. The first-order valence-corrected chi connectivity index (χ1v) is 8.93. The number of hydrogen-bond donors (Lipinski definition) is 3. The van der Waals surface area contributed by atoms with Crippen LogP contribution in [0.5, 0.6) is 11.5 Å². The highest BCUT2D eigenvalue weighted by Gasteiger charge is 2.16. The fourth-order valence-corrected chi connectivity index (χ4v) is 3.37. The van der Waals surface area contributed by atoms with E-state index in [2.05, 4.69) is 15.6 Å². The lowest BCUT2D eigenvalue weighted by atomic mass is 9.96. The van der Waals surface area contributed by atoms with E-state index < -0.39 is 0 Å². The number of methoxy groups -OCH3 is 2. The average molecular weight is 359 g/mol. The fourth-order valence-electron chi connectivity index (χ4n) is 3.37. The first kappa shape index (κ1) is 18.1. The number of carbonyl (C=O) groups is 1. The van der Waals surface area contributed by atoms with Gasteiger partial charge in [-0.3, -0.25) is 4.79 Å². The number of ether oxygens (including phenoxy) is 2. The summed E-state index contributed by atoms with van der Waals surface area (Å²) in [7, 11) is 3.11. The Hall–Kier alpha value is -2.70. The van der Waals surface area contributed by atoms with Gasteiger partial charge in [0.15, 0.2) is 11.5 Å². The third-order valence-corrected chi connectivity index (χ3v) is 4.81. The Bertz CT molecular complexity index is 841. The molecule has 7 nitrogen and oxygen atoms in total. The van der Waals surface area contributed by atoms with Gasteiger partial charge in [-0.25, -0.2) is 4.79 Å². The summed E-state index contributed by atoms with van der Waals surface area (Å²) in [5.74, 6) is 1.13. The van der Waals surface area contributed by atoms with Gasteiger partial charge >= 0.3 is 6.03 Å². The van der Waals surface area contributed by atoms with E-state index in [0.29, 0.717) is 22.6 Å². The molecule has 26 heavy (non-hydrogen) atoms. The zero-order valence-corrected chi connectivity index (χ0v) is 15.2. The van der Waals surface area contributed by atoms with E-state index in [4.69, 9.17) is 9.47 Å². The Morgan fingerprint density at radius 3 is 2.50 bits per heavy atom. The quantitative estimate of drug-likeness (QED) is 0.765. The number of fused-ring (bicyclic) bond motifs is 1. The lowest BCUT2D eigenvalue weighted by Gasteiger charge is -2.22. The van der Waals surface area contributed by atoms with Gasteiger partial charge in [0.05, 0.1) is 19.7 Å². The van der Waals surface area contributed by atoms with E-state index in [-0.39, 0.29) is 24.2 Å². The second kappa shape index (κ2) is 8.12. The van der Waals surface area contributed by atoms with Gasteiger partial charge in [0.25, 0.3) is 5.56 Å². The van der Waals surface area contributed by atoms with Crippen molar-refractivity contribution in [3.8, 4) is 11.5 Å². The molecule has 3 rings (SSSR count). The molecule has 3 N–H and O–H groups in total. The monoisotopic (exact) mass is 359 g/mol. The predicted molar refractivity (Wildman–Crippen MR) is 99.9 cm³/mol. The predicted octanol–water partition coefficient (Wildman–Crippen LogP) is 2.68. The smallest absolute Gasteiger partial charge is 0.315 e. The molecule has 0 saturated heterocycles. The van der Waals surface area contributed by atoms with Crippen molar-refractivity contribution in [3.05, 3.63) is 34.1 Å². The van der Waals surface area contributed by atoms with E-state index in [1.54, 1.807) is 32.4 Å². The Balaban J connectivity index is 1.72. The summed E-state index contributed by atoms with van der Waals surface area (Å²) in [5.41, 5.74) is 0.911. The highest BCUT2D eigenvalue weighted by molar-refractivity contribution is 5.83. The van der Waals surface area contributed by atoms with Crippen LogP contribution >= 0.6 is 0 Å². The maximum absolute atomic E-state index is 12.3. The van der Waals surface area contributed by atoms with Crippen LogP contribution in [0, 0.1) is 0 Å². The highest BCUT2D eigenvalue weighted by Crippen LogP contribution is 2.31. The second-order valence-corrected chi connectivity index (χ2v) is 6.58. The first-order valence-electron chi connectivity index (χ1n) is 8.93. The van der Waals surface area contributed by atoms with Crippen LogP contribution in [0.2, 0.25) is 0 Å². The van der Waals surface area contributed by atoms with Crippen molar-refractivity contribution in [2.24, 2.45) is 0 Å². The van der Waals surface area contributed by atoms with Crippen molar-refractivity contribution < 1.29 is 14.3 Å². The first-order chi connectivity index (χ1) is 12.6. The van der Waals surface area contributed by atoms with Crippen LogP contribution in [-0.2, 0) is 6.54 Å². The number of rotatable bonds is 5. The number of H-pyrrole nitrogens is 1. The fraction of sp³-hybridized carbons (Fsp3) is 0.474. The summed E-state index contributed by atoms with van der Waals surface area (Å²) >= 11 is 0. The molecule has 0 spiro atoms. The van der Waals surface area contributed by atoms with E-state index in [9.17, 15) is 9.59 Å². The van der Waals surface area contributed by atoms with Gasteiger partial charge in [0, 0.05) is 29.6 Å². The molecule has 1 saturated carbocycles. The molecule has 1 aromatic carbocycles. The molecule has 7 heteroatoms. The standard InChI is InChI=1S/C19H25N3O4/c1-25-16-9-12-8-13(18(23)22-15(12)10-17(16)26-2)11-20-19(24)21-14-6-4-3-5-7-14/h8-10,14H,3-7,11H2,1-2H3,(H,22,23)(H2,20,21,24). The molecule has 1 aliphatic carbocycles. The number of aromatic amines is 1. The summed E-state index contributed by atoms with van der Waals surface area (Å²) in [4.78, 5) is 27.2. The number of amides is 2. The molecule has 1 heterocycles. The maximum atomic E-state index is 12.3. The Morgan fingerprint density at radius 1 is 1.12 bits per heavy atom. The molecule has 0 bridgehead atoms. The summed E-state index contributed by atoms with van der Waals surface area (Å²) < 4.78 is 10.6. The Kier molecular flexibility index (Phi) is 5.65. The minimum Gasteiger partial charge on any atom is -0.493 e. The Morgan fingerprint density at radius 2 is 1.81 bits per heavy atom. The summed E-state index contributed by atoms with van der Waals surface area (Å²) in [6.07, 6.45) is 5.58. The van der Waals surface area contributed by atoms with Crippen LogP contribution in [0.4, 0.5) is 4.79 Å². The van der Waals surface area contributed by atoms with Gasteiger partial charge in [-0.15, -0.1) is 0 Å². The summed E-state index contributed by atoms with van der Waals surface area (Å²) in [5, 5.41) is 6.57. The van der Waals surface area contributed by atoms with Crippen molar-refractivity contribution in [2.45, 2.75) is 44.7 Å². The number of pyridine rings is 1. The molecule has 2 aromatic rings. The van der Waals surface area contributed by atoms with Crippen molar-refractivity contribution in [1.29, 1.82) is 0 Å². The van der Waals surface area contributed by atoms with Crippen LogP contribution in [0.15, 0.2) is 23.0 Å². The minimum absolute atomic E-state index is 0.165. The van der Waals surface area contributed by atoms with Gasteiger partial charge in [-0.05, 0) is 25.0 Å². The van der Waals surface area contributed by atoms with Crippen LogP contribution in [0.25, 0.3) is 10.9 Å².